The van der Waals surface area contributed by atoms with E-state index in [-0.39, 0.29) is 5.56 Å². The Morgan fingerprint density at radius 3 is 2.93 bits per heavy atom. The van der Waals surface area contributed by atoms with E-state index in [4.69, 9.17) is 5.11 Å². The van der Waals surface area contributed by atoms with Gasteiger partial charge in [-0.15, -0.1) is 11.3 Å². The molecule has 0 aromatic carbocycles. The summed E-state index contributed by atoms with van der Waals surface area (Å²) in [7, 11) is 0. The van der Waals surface area contributed by atoms with Crippen molar-refractivity contribution in [2.45, 2.75) is 0 Å². The number of rotatable bonds is 2. The quantitative estimate of drug-likeness (QED) is 0.748. The normalized spacial score (nSPS) is 10.3. The third kappa shape index (κ3) is 1.33. The Morgan fingerprint density at radius 2 is 2.43 bits per heavy atom. The van der Waals surface area contributed by atoms with Crippen LogP contribution >= 0.6 is 11.3 Å². The van der Waals surface area contributed by atoms with Crippen LogP contribution in [0, 0.1) is 0 Å². The van der Waals surface area contributed by atoms with Crippen molar-refractivity contribution in [2.24, 2.45) is 0 Å². The lowest BCUT2D eigenvalue weighted by molar-refractivity contribution is 0.0695. The van der Waals surface area contributed by atoms with Crippen LogP contribution in [-0.2, 0) is 0 Å². The van der Waals surface area contributed by atoms with Crippen LogP contribution in [0.4, 0.5) is 0 Å². The Balaban J connectivity index is 2.53. The summed E-state index contributed by atoms with van der Waals surface area (Å²) in [5.74, 6) is -1.25. The molecule has 2 N–H and O–H groups in total. The van der Waals surface area contributed by atoms with Crippen LogP contribution in [0.25, 0.3) is 5.13 Å². The molecule has 2 rings (SSSR count). The molecular formula is C7H5N3O3S. The molecule has 0 aliphatic heterocycles. The number of carbonyl (C=O) groups is 1. The van der Waals surface area contributed by atoms with Crippen molar-refractivity contribution in [3.8, 4) is 5.13 Å². The zero-order valence-electron chi connectivity index (χ0n) is 6.80. The first-order valence-corrected chi connectivity index (χ1v) is 4.51. The minimum absolute atomic E-state index is 0.291. The van der Waals surface area contributed by atoms with Gasteiger partial charge in [-0.2, -0.15) is 0 Å². The third-order valence-electron chi connectivity index (χ3n) is 1.58. The Labute approximate surface area is 81.4 Å². The molecular weight excluding hydrogens is 206 g/mol. The van der Waals surface area contributed by atoms with Gasteiger partial charge in [0.25, 0.3) is 5.56 Å². The first kappa shape index (κ1) is 8.70. The van der Waals surface area contributed by atoms with Gasteiger partial charge in [-0.3, -0.25) is 9.89 Å². The highest BCUT2D eigenvalue weighted by Crippen LogP contribution is 2.08. The molecule has 2 aromatic rings. The Bertz CT molecular complexity index is 511. The zero-order chi connectivity index (χ0) is 10.1. The largest absolute Gasteiger partial charge is 0.477 e. The minimum Gasteiger partial charge on any atom is -0.477 e. The Hall–Kier alpha value is -1.89. The van der Waals surface area contributed by atoms with Crippen LogP contribution in [0.2, 0.25) is 0 Å². The monoisotopic (exact) mass is 211 g/mol. The fourth-order valence-corrected chi connectivity index (χ4v) is 1.56. The van der Waals surface area contributed by atoms with Gasteiger partial charge in [0.2, 0.25) is 5.13 Å². The van der Waals surface area contributed by atoms with E-state index in [1.165, 1.54) is 22.2 Å². The maximum atomic E-state index is 11.1. The van der Waals surface area contributed by atoms with Crippen LogP contribution in [0.15, 0.2) is 22.6 Å². The van der Waals surface area contributed by atoms with Gasteiger partial charge in [0, 0.05) is 17.8 Å². The van der Waals surface area contributed by atoms with Crippen molar-refractivity contribution >= 4 is 17.3 Å². The molecule has 2 aromatic heterocycles. The van der Waals surface area contributed by atoms with Crippen LogP contribution < -0.4 is 5.56 Å². The summed E-state index contributed by atoms with van der Waals surface area (Å²) in [5, 5.41) is 13.2. The molecule has 0 saturated heterocycles. The molecule has 0 saturated carbocycles. The van der Waals surface area contributed by atoms with Crippen molar-refractivity contribution in [1.82, 2.24) is 14.8 Å². The van der Waals surface area contributed by atoms with E-state index >= 15 is 0 Å². The Morgan fingerprint density at radius 1 is 1.64 bits per heavy atom. The second-order valence-corrected chi connectivity index (χ2v) is 3.35. The molecule has 0 atom stereocenters. The standard InChI is InChI=1S/C7H5N3O3S/c11-5-4(6(12)13)3-10(9-5)7-8-1-2-14-7/h1-3H,(H,9,11)(H,12,13). The number of H-pyrrole nitrogens is 1. The highest BCUT2D eigenvalue weighted by Gasteiger charge is 2.12. The lowest BCUT2D eigenvalue weighted by atomic mass is 10.4. The molecule has 2 heterocycles. The van der Waals surface area contributed by atoms with Gasteiger partial charge in [0.05, 0.1) is 0 Å². The SMILES string of the molecule is O=C(O)c1cn(-c2nccs2)[nH]c1=O. The lowest BCUT2D eigenvalue weighted by Crippen LogP contribution is -2.11. The third-order valence-corrected chi connectivity index (χ3v) is 2.35. The average molecular weight is 211 g/mol. The van der Waals surface area contributed by atoms with Gasteiger partial charge in [0.15, 0.2) is 0 Å². The maximum absolute atomic E-state index is 11.1. The molecule has 0 aliphatic carbocycles. The van der Waals surface area contributed by atoms with E-state index in [2.05, 4.69) is 10.1 Å². The summed E-state index contributed by atoms with van der Waals surface area (Å²) in [5.41, 5.74) is -0.923. The molecule has 72 valence electrons. The second-order valence-electron chi connectivity index (χ2n) is 2.47. The number of nitrogens with zero attached hydrogens (tertiary/aromatic N) is 2. The van der Waals surface area contributed by atoms with Crippen molar-refractivity contribution in [3.63, 3.8) is 0 Å². The van der Waals surface area contributed by atoms with Gasteiger partial charge in [0.1, 0.15) is 5.56 Å². The van der Waals surface area contributed by atoms with Gasteiger partial charge < -0.3 is 5.11 Å². The summed E-state index contributed by atoms with van der Waals surface area (Å²) in [6.45, 7) is 0. The minimum atomic E-state index is -1.25. The van der Waals surface area contributed by atoms with Crippen molar-refractivity contribution < 1.29 is 9.90 Å². The lowest BCUT2D eigenvalue weighted by Gasteiger charge is -1.92. The van der Waals surface area contributed by atoms with E-state index < -0.39 is 11.5 Å². The molecule has 0 radical (unpaired) electrons. The van der Waals surface area contributed by atoms with E-state index in [1.54, 1.807) is 11.6 Å². The average Bonchev–Trinajstić information content (AvgIpc) is 2.70. The van der Waals surface area contributed by atoms with E-state index in [0.29, 0.717) is 5.13 Å². The summed E-state index contributed by atoms with van der Waals surface area (Å²) in [6, 6.07) is 0. The number of aromatic carboxylic acids is 1. The summed E-state index contributed by atoms with van der Waals surface area (Å²) >= 11 is 1.30. The number of aromatic amines is 1. The molecule has 0 fully saturated rings. The van der Waals surface area contributed by atoms with E-state index in [9.17, 15) is 9.59 Å². The number of carboxylic acids is 1. The zero-order valence-corrected chi connectivity index (χ0v) is 7.61. The smallest absolute Gasteiger partial charge is 0.342 e. The predicted octanol–water partition coefficient (Wildman–Crippen LogP) is 0.320. The first-order chi connectivity index (χ1) is 6.68. The highest BCUT2D eigenvalue weighted by atomic mass is 32.1. The first-order valence-electron chi connectivity index (χ1n) is 3.63. The fourth-order valence-electron chi connectivity index (χ4n) is 0.980. The summed E-state index contributed by atoms with van der Waals surface area (Å²) in [6.07, 6.45) is 2.78. The molecule has 7 heteroatoms. The topological polar surface area (TPSA) is 88.0 Å². The summed E-state index contributed by atoms with van der Waals surface area (Å²) < 4.78 is 1.29. The van der Waals surface area contributed by atoms with Crippen LogP contribution in [0.3, 0.4) is 0 Å². The highest BCUT2D eigenvalue weighted by molar-refractivity contribution is 7.12. The number of hydrogen-bond acceptors (Lipinski definition) is 4. The number of aromatic nitrogens is 3. The Kier molecular flexibility index (Phi) is 1.93. The molecule has 0 amide bonds. The number of carboxylic acid groups (broad SMARTS) is 1. The number of nitrogens with one attached hydrogen (secondary N) is 1. The van der Waals surface area contributed by atoms with E-state index in [0.717, 1.165) is 0 Å². The van der Waals surface area contributed by atoms with Crippen LogP contribution in [0.5, 0.6) is 0 Å². The number of thiazole rings is 1. The van der Waals surface area contributed by atoms with Gasteiger partial charge in [-0.05, 0) is 0 Å². The molecule has 0 aliphatic rings. The fraction of sp³-hybridized carbons (Fsp3) is 0. The molecule has 0 spiro atoms. The molecule has 0 bridgehead atoms. The van der Waals surface area contributed by atoms with Gasteiger partial charge >= 0.3 is 5.97 Å². The van der Waals surface area contributed by atoms with Crippen molar-refractivity contribution in [1.29, 1.82) is 0 Å². The molecule has 0 unspecified atom stereocenters. The van der Waals surface area contributed by atoms with Gasteiger partial charge in [-0.1, -0.05) is 0 Å². The molecule has 14 heavy (non-hydrogen) atoms. The maximum Gasteiger partial charge on any atom is 0.342 e. The number of hydrogen-bond donors (Lipinski definition) is 2. The molecule has 6 nitrogen and oxygen atoms in total. The predicted molar refractivity (Wildman–Crippen MR) is 49.0 cm³/mol. The van der Waals surface area contributed by atoms with Crippen molar-refractivity contribution in [2.75, 3.05) is 0 Å². The second kappa shape index (κ2) is 3.11. The van der Waals surface area contributed by atoms with Gasteiger partial charge in [-0.25, -0.2) is 14.5 Å². The van der Waals surface area contributed by atoms with Crippen LogP contribution in [-0.4, -0.2) is 25.8 Å². The van der Waals surface area contributed by atoms with Crippen molar-refractivity contribution in [3.05, 3.63) is 33.7 Å². The van der Waals surface area contributed by atoms with Crippen LogP contribution in [0.1, 0.15) is 10.4 Å². The van der Waals surface area contributed by atoms with E-state index in [1.807, 2.05) is 0 Å². The summed E-state index contributed by atoms with van der Waals surface area (Å²) in [4.78, 5) is 25.6.